The Morgan fingerprint density at radius 3 is 2.06 bits per heavy atom. The van der Waals surface area contributed by atoms with Crippen LogP contribution in [-0.4, -0.2) is 68.7 Å². The molecule has 0 aliphatic rings. The lowest BCUT2D eigenvalue weighted by molar-refractivity contribution is -0.142. The number of rotatable bonds is 13. The summed E-state index contributed by atoms with van der Waals surface area (Å²) in [6.45, 7) is 7.38. The van der Waals surface area contributed by atoms with Gasteiger partial charge in [0, 0.05) is 24.1 Å². The fourth-order valence-corrected chi connectivity index (χ4v) is 3.09. The van der Waals surface area contributed by atoms with Crippen molar-refractivity contribution in [3.63, 3.8) is 0 Å². The van der Waals surface area contributed by atoms with Crippen LogP contribution in [0.3, 0.4) is 0 Å². The number of carbonyl (C=O) groups is 4. The van der Waals surface area contributed by atoms with Crippen molar-refractivity contribution >= 4 is 36.3 Å². The van der Waals surface area contributed by atoms with Crippen LogP contribution in [0.2, 0.25) is 0 Å². The summed E-state index contributed by atoms with van der Waals surface area (Å²) in [7, 11) is 0. The number of nitrogens with one attached hydrogen (secondary N) is 4. The second-order valence-electron chi connectivity index (χ2n) is 8.38. The number of hydrogen-bond acceptors (Lipinski definition) is 7. The number of carboxylic acids is 1. The molecule has 0 saturated carbocycles. The van der Waals surface area contributed by atoms with Crippen LogP contribution in [-0.2, 0) is 25.6 Å². The Labute approximate surface area is 193 Å². The number of imidazole rings is 1. The number of aromatic amines is 1. The first-order chi connectivity index (χ1) is 15.0. The standard InChI is InChI=1S/C20H34N6O5S/c1-10(2)5-13(24-19(29)16(21)11(3)4)17(27)26-15(8-32)18(28)25-14(20(30)31)6-12-7-22-9-23-12/h7,9-11,13-16,32H,5-6,8,21H2,1-4H3,(H,22,23)(H,24,29)(H,25,28)(H,26,27)(H,30,31). The molecule has 1 rings (SSSR count). The van der Waals surface area contributed by atoms with E-state index >= 15 is 0 Å². The molecule has 1 heterocycles. The first-order valence-electron chi connectivity index (χ1n) is 10.4. The van der Waals surface area contributed by atoms with E-state index in [2.05, 4.69) is 38.5 Å². The van der Waals surface area contributed by atoms with Gasteiger partial charge in [-0.15, -0.1) is 0 Å². The van der Waals surface area contributed by atoms with Crippen molar-refractivity contribution in [2.45, 2.75) is 64.7 Å². The Morgan fingerprint density at radius 2 is 1.59 bits per heavy atom. The van der Waals surface area contributed by atoms with E-state index in [4.69, 9.17) is 5.73 Å². The predicted molar refractivity (Wildman–Crippen MR) is 122 cm³/mol. The fraction of sp³-hybridized carbons (Fsp3) is 0.650. The molecule has 1 aromatic heterocycles. The number of carbonyl (C=O) groups excluding carboxylic acids is 3. The summed E-state index contributed by atoms with van der Waals surface area (Å²) in [5.74, 6) is -3.07. The van der Waals surface area contributed by atoms with Gasteiger partial charge in [0.05, 0.1) is 12.4 Å². The van der Waals surface area contributed by atoms with Crippen molar-refractivity contribution in [2.75, 3.05) is 5.75 Å². The van der Waals surface area contributed by atoms with E-state index in [1.54, 1.807) is 13.8 Å². The topological polar surface area (TPSA) is 179 Å². The van der Waals surface area contributed by atoms with Crippen LogP contribution < -0.4 is 21.7 Å². The van der Waals surface area contributed by atoms with Gasteiger partial charge < -0.3 is 31.8 Å². The minimum absolute atomic E-state index is 0.00651. The van der Waals surface area contributed by atoms with Gasteiger partial charge >= 0.3 is 5.97 Å². The Morgan fingerprint density at radius 1 is 1.03 bits per heavy atom. The normalized spacial score (nSPS) is 15.0. The maximum absolute atomic E-state index is 12.8. The summed E-state index contributed by atoms with van der Waals surface area (Å²) in [5, 5.41) is 17.0. The van der Waals surface area contributed by atoms with E-state index in [1.165, 1.54) is 12.5 Å². The number of nitrogens with two attached hydrogens (primary N) is 1. The minimum Gasteiger partial charge on any atom is -0.480 e. The molecule has 0 fully saturated rings. The molecular weight excluding hydrogens is 436 g/mol. The third-order valence-electron chi connectivity index (χ3n) is 4.77. The minimum atomic E-state index is -1.23. The van der Waals surface area contributed by atoms with E-state index < -0.39 is 47.9 Å². The molecule has 4 atom stereocenters. The van der Waals surface area contributed by atoms with Crippen LogP contribution in [0.5, 0.6) is 0 Å². The van der Waals surface area contributed by atoms with Crippen LogP contribution >= 0.6 is 12.6 Å². The Balaban J connectivity index is 2.85. The average Bonchev–Trinajstić information content (AvgIpc) is 3.22. The number of nitrogens with zero attached hydrogens (tertiary/aromatic N) is 1. The number of aromatic nitrogens is 2. The number of carboxylic acid groups (broad SMARTS) is 1. The molecular formula is C20H34N6O5S. The lowest BCUT2D eigenvalue weighted by atomic mass is 10.0. The van der Waals surface area contributed by atoms with Gasteiger partial charge in [-0.1, -0.05) is 27.7 Å². The largest absolute Gasteiger partial charge is 0.480 e. The summed E-state index contributed by atoms with van der Waals surface area (Å²) >= 11 is 4.11. The van der Waals surface area contributed by atoms with Gasteiger partial charge in [-0.05, 0) is 18.3 Å². The molecule has 0 spiro atoms. The predicted octanol–water partition coefficient (Wildman–Crippen LogP) is -0.550. The zero-order valence-corrected chi connectivity index (χ0v) is 19.7. The number of hydrogen-bond donors (Lipinski definition) is 7. The highest BCUT2D eigenvalue weighted by atomic mass is 32.1. The summed E-state index contributed by atoms with van der Waals surface area (Å²) in [6, 6.07) is -4.00. The van der Waals surface area contributed by atoms with E-state index in [0.29, 0.717) is 12.1 Å². The van der Waals surface area contributed by atoms with Gasteiger partial charge in [0.25, 0.3) is 0 Å². The van der Waals surface area contributed by atoms with Gasteiger partial charge in [-0.3, -0.25) is 14.4 Å². The monoisotopic (exact) mass is 470 g/mol. The maximum atomic E-state index is 12.8. The van der Waals surface area contributed by atoms with E-state index in [9.17, 15) is 24.3 Å². The highest BCUT2D eigenvalue weighted by Crippen LogP contribution is 2.08. The molecule has 0 aromatic carbocycles. The molecule has 0 radical (unpaired) electrons. The fourth-order valence-electron chi connectivity index (χ4n) is 2.83. The highest BCUT2D eigenvalue weighted by molar-refractivity contribution is 7.80. The van der Waals surface area contributed by atoms with Gasteiger partial charge in [0.15, 0.2) is 0 Å². The average molecular weight is 471 g/mol. The molecule has 180 valence electrons. The number of H-pyrrole nitrogens is 1. The number of thiol groups is 1. The van der Waals surface area contributed by atoms with Crippen molar-refractivity contribution in [3.8, 4) is 0 Å². The molecule has 0 aliphatic carbocycles. The van der Waals surface area contributed by atoms with Gasteiger partial charge in [-0.25, -0.2) is 9.78 Å². The summed E-state index contributed by atoms with van der Waals surface area (Å²) in [4.78, 5) is 56.0. The van der Waals surface area contributed by atoms with Crippen molar-refractivity contribution in [1.29, 1.82) is 0 Å². The van der Waals surface area contributed by atoms with Crippen LogP contribution in [0.15, 0.2) is 12.5 Å². The van der Waals surface area contributed by atoms with E-state index in [0.717, 1.165) is 0 Å². The van der Waals surface area contributed by atoms with Crippen molar-refractivity contribution < 1.29 is 24.3 Å². The Hall–Kier alpha value is -2.60. The number of aliphatic carboxylic acids is 1. The molecule has 11 nitrogen and oxygen atoms in total. The SMILES string of the molecule is CC(C)CC(NC(=O)C(N)C(C)C)C(=O)NC(CS)C(=O)NC(Cc1cnc[nH]1)C(=O)O. The van der Waals surface area contributed by atoms with Crippen molar-refractivity contribution in [1.82, 2.24) is 25.9 Å². The van der Waals surface area contributed by atoms with Crippen LogP contribution in [0.1, 0.15) is 39.8 Å². The molecule has 12 heteroatoms. The summed E-state index contributed by atoms with van der Waals surface area (Å²) in [5.41, 5.74) is 6.40. The maximum Gasteiger partial charge on any atom is 0.326 e. The van der Waals surface area contributed by atoms with Crippen molar-refractivity contribution in [2.24, 2.45) is 17.6 Å². The Kier molecular flexibility index (Phi) is 11.2. The number of amides is 3. The second kappa shape index (κ2) is 13.1. The van der Waals surface area contributed by atoms with Crippen LogP contribution in [0.4, 0.5) is 0 Å². The zero-order chi connectivity index (χ0) is 24.4. The molecule has 1 aromatic rings. The molecule has 3 amide bonds. The third-order valence-corrected chi connectivity index (χ3v) is 5.14. The third kappa shape index (κ3) is 8.87. The molecule has 0 bridgehead atoms. The molecule has 32 heavy (non-hydrogen) atoms. The van der Waals surface area contributed by atoms with Gasteiger partial charge in [0.1, 0.15) is 18.1 Å². The molecule has 4 unspecified atom stereocenters. The molecule has 0 aliphatic heterocycles. The quantitative estimate of drug-likeness (QED) is 0.189. The van der Waals surface area contributed by atoms with Gasteiger partial charge in [0.2, 0.25) is 17.7 Å². The van der Waals surface area contributed by atoms with Crippen molar-refractivity contribution in [3.05, 3.63) is 18.2 Å². The van der Waals surface area contributed by atoms with Gasteiger partial charge in [-0.2, -0.15) is 12.6 Å². The lowest BCUT2D eigenvalue weighted by Gasteiger charge is -2.26. The zero-order valence-electron chi connectivity index (χ0n) is 18.8. The summed E-state index contributed by atoms with van der Waals surface area (Å²) < 4.78 is 0. The van der Waals surface area contributed by atoms with Crippen LogP contribution in [0.25, 0.3) is 0 Å². The van der Waals surface area contributed by atoms with E-state index in [1.807, 2.05) is 13.8 Å². The second-order valence-corrected chi connectivity index (χ2v) is 8.75. The first kappa shape index (κ1) is 27.4. The Bertz CT molecular complexity index is 771. The summed E-state index contributed by atoms with van der Waals surface area (Å²) in [6.07, 6.45) is 3.19. The van der Waals surface area contributed by atoms with E-state index in [-0.39, 0.29) is 24.0 Å². The van der Waals surface area contributed by atoms with Crippen LogP contribution in [0, 0.1) is 11.8 Å². The lowest BCUT2D eigenvalue weighted by Crippen LogP contribution is -2.58. The molecule has 7 N–H and O–H groups in total. The first-order valence-corrected chi connectivity index (χ1v) is 11.1. The molecule has 0 saturated heterocycles. The smallest absolute Gasteiger partial charge is 0.326 e. The highest BCUT2D eigenvalue weighted by Gasteiger charge is 2.30.